The molecule has 118 valence electrons. The number of carbonyl (C=O) groups excluding carboxylic acids is 1. The Bertz CT molecular complexity index is 726. The number of amides is 1. The number of carboxylic acids is 1. The van der Waals surface area contributed by atoms with Crippen LogP contribution in [0.1, 0.15) is 15.9 Å². The van der Waals surface area contributed by atoms with Gasteiger partial charge in [-0.2, -0.15) is 5.10 Å². The van der Waals surface area contributed by atoms with E-state index in [1.54, 1.807) is 48.5 Å². The summed E-state index contributed by atoms with van der Waals surface area (Å²) in [5.74, 6) is 3.84. The Labute approximate surface area is 132 Å². The Morgan fingerprint density at radius 2 is 1.87 bits per heavy atom. The van der Waals surface area contributed by atoms with Gasteiger partial charge in [-0.05, 0) is 35.9 Å². The van der Waals surface area contributed by atoms with Crippen LogP contribution in [0.2, 0.25) is 0 Å². The third kappa shape index (κ3) is 4.85. The molecule has 5 N–H and O–H groups in total. The molecule has 0 saturated carbocycles. The fraction of sp³-hybridized carbons (Fsp3) is 0.0625. The average Bonchev–Trinajstić information content (AvgIpc) is 2.54. The van der Waals surface area contributed by atoms with E-state index in [1.807, 2.05) is 0 Å². The van der Waals surface area contributed by atoms with Gasteiger partial charge in [0.05, 0.1) is 6.42 Å². The highest BCUT2D eigenvalue weighted by Gasteiger charge is 2.07. The summed E-state index contributed by atoms with van der Waals surface area (Å²) in [6.45, 7) is 0. The zero-order valence-corrected chi connectivity index (χ0v) is 12.2. The zero-order chi connectivity index (χ0) is 16.7. The molecule has 1 amide bonds. The molecule has 0 unspecified atom stereocenters. The van der Waals surface area contributed by atoms with Gasteiger partial charge in [0.2, 0.25) is 0 Å². The normalized spacial score (nSPS) is 10.4. The van der Waals surface area contributed by atoms with Gasteiger partial charge < -0.3 is 21.6 Å². The first kappa shape index (κ1) is 16.0. The fourth-order valence-electron chi connectivity index (χ4n) is 1.95. The monoisotopic (exact) mass is 312 g/mol. The maximum Gasteiger partial charge on any atom is 0.307 e. The summed E-state index contributed by atoms with van der Waals surface area (Å²) in [6.07, 6.45) is 1.27. The van der Waals surface area contributed by atoms with Crippen LogP contribution >= 0.6 is 0 Å². The summed E-state index contributed by atoms with van der Waals surface area (Å²) in [5, 5.41) is 17.6. The van der Waals surface area contributed by atoms with E-state index in [9.17, 15) is 9.59 Å². The molecule has 0 fully saturated rings. The van der Waals surface area contributed by atoms with E-state index < -0.39 is 5.97 Å². The van der Waals surface area contributed by atoms with Crippen LogP contribution in [-0.2, 0) is 11.2 Å². The molecule has 23 heavy (non-hydrogen) atoms. The lowest BCUT2D eigenvalue weighted by Gasteiger charge is -2.07. The van der Waals surface area contributed by atoms with E-state index >= 15 is 0 Å². The standard InChI is InChI=1S/C16H16N4O3/c17-19-10-18-14-3-1-2-12(9-14)16(23)20-13-6-4-11(5-7-13)8-15(21)22/h1-7,9-10H,8,17H2,(H,18,19)(H,20,23)(H,21,22). The lowest BCUT2D eigenvalue weighted by atomic mass is 10.1. The lowest BCUT2D eigenvalue weighted by molar-refractivity contribution is -0.136. The van der Waals surface area contributed by atoms with Gasteiger partial charge in [0.15, 0.2) is 0 Å². The van der Waals surface area contributed by atoms with Crippen molar-refractivity contribution in [3.63, 3.8) is 0 Å². The predicted octanol–water partition coefficient (Wildman–Crippen LogP) is 1.88. The van der Waals surface area contributed by atoms with Crippen molar-refractivity contribution < 1.29 is 14.7 Å². The van der Waals surface area contributed by atoms with Crippen LogP contribution in [0.25, 0.3) is 0 Å². The first-order chi connectivity index (χ1) is 11.1. The van der Waals surface area contributed by atoms with Gasteiger partial charge in [-0.25, -0.2) is 0 Å². The van der Waals surface area contributed by atoms with Gasteiger partial charge in [0, 0.05) is 16.9 Å². The van der Waals surface area contributed by atoms with E-state index in [4.69, 9.17) is 10.9 Å². The number of carboxylic acid groups (broad SMARTS) is 1. The zero-order valence-electron chi connectivity index (χ0n) is 12.2. The molecule has 7 heteroatoms. The number of anilines is 2. The van der Waals surface area contributed by atoms with Gasteiger partial charge in [-0.1, -0.05) is 18.2 Å². The van der Waals surface area contributed by atoms with Crippen LogP contribution in [-0.4, -0.2) is 23.3 Å². The molecule has 0 aliphatic rings. The highest BCUT2D eigenvalue weighted by atomic mass is 16.4. The molecular weight excluding hydrogens is 296 g/mol. The van der Waals surface area contributed by atoms with Crippen molar-refractivity contribution in [2.75, 3.05) is 10.6 Å². The number of hydrazone groups is 1. The molecule has 0 bridgehead atoms. The van der Waals surface area contributed by atoms with E-state index in [0.29, 0.717) is 22.5 Å². The third-order valence-electron chi connectivity index (χ3n) is 3.00. The van der Waals surface area contributed by atoms with Crippen molar-refractivity contribution in [1.82, 2.24) is 0 Å². The van der Waals surface area contributed by atoms with Crippen molar-refractivity contribution in [1.29, 1.82) is 0 Å². The molecule has 7 nitrogen and oxygen atoms in total. The smallest absolute Gasteiger partial charge is 0.307 e. The Hall–Kier alpha value is -3.35. The highest BCUT2D eigenvalue weighted by Crippen LogP contribution is 2.14. The molecule has 0 aliphatic carbocycles. The second-order valence-corrected chi connectivity index (χ2v) is 4.72. The lowest BCUT2D eigenvalue weighted by Crippen LogP contribution is -2.12. The van der Waals surface area contributed by atoms with Crippen LogP contribution in [0, 0.1) is 0 Å². The van der Waals surface area contributed by atoms with Gasteiger partial charge >= 0.3 is 5.97 Å². The van der Waals surface area contributed by atoms with Crippen LogP contribution in [0.4, 0.5) is 11.4 Å². The first-order valence-electron chi connectivity index (χ1n) is 6.79. The fourth-order valence-corrected chi connectivity index (χ4v) is 1.95. The molecule has 2 aromatic rings. The Balaban J connectivity index is 2.05. The van der Waals surface area contributed by atoms with E-state index in [1.165, 1.54) is 6.34 Å². The number of nitrogens with zero attached hydrogens (tertiary/aromatic N) is 1. The number of carbonyl (C=O) groups is 2. The van der Waals surface area contributed by atoms with Gasteiger partial charge in [0.1, 0.15) is 6.34 Å². The SMILES string of the molecule is NN=CNc1cccc(C(=O)Nc2ccc(CC(=O)O)cc2)c1. The summed E-state index contributed by atoms with van der Waals surface area (Å²) >= 11 is 0. The molecule has 2 rings (SSSR count). The Kier molecular flexibility index (Phi) is 5.30. The maximum absolute atomic E-state index is 12.2. The summed E-state index contributed by atoms with van der Waals surface area (Å²) in [4.78, 5) is 22.8. The van der Waals surface area contributed by atoms with Crippen molar-refractivity contribution >= 4 is 29.6 Å². The van der Waals surface area contributed by atoms with Crippen molar-refractivity contribution in [3.8, 4) is 0 Å². The highest BCUT2D eigenvalue weighted by molar-refractivity contribution is 6.05. The summed E-state index contributed by atoms with van der Waals surface area (Å²) in [7, 11) is 0. The minimum Gasteiger partial charge on any atom is -0.481 e. The van der Waals surface area contributed by atoms with Crippen molar-refractivity contribution in [2.45, 2.75) is 6.42 Å². The number of aliphatic carboxylic acids is 1. The minimum absolute atomic E-state index is 0.0510. The van der Waals surface area contributed by atoms with Gasteiger partial charge in [0.25, 0.3) is 5.91 Å². The van der Waals surface area contributed by atoms with E-state index in [-0.39, 0.29) is 12.3 Å². The maximum atomic E-state index is 12.2. The summed E-state index contributed by atoms with van der Waals surface area (Å²) in [5.41, 5.74) is 2.41. The molecule has 0 spiro atoms. The number of benzene rings is 2. The second kappa shape index (κ2) is 7.60. The quantitative estimate of drug-likeness (QED) is 0.281. The molecule has 0 aliphatic heterocycles. The van der Waals surface area contributed by atoms with Crippen molar-refractivity contribution in [2.24, 2.45) is 10.9 Å². The van der Waals surface area contributed by atoms with E-state index in [2.05, 4.69) is 15.7 Å². The number of rotatable bonds is 6. The first-order valence-corrected chi connectivity index (χ1v) is 6.79. The molecule has 0 aromatic heterocycles. The summed E-state index contributed by atoms with van der Waals surface area (Å²) in [6, 6.07) is 13.5. The van der Waals surface area contributed by atoms with Gasteiger partial charge in [-0.15, -0.1) is 0 Å². The topological polar surface area (TPSA) is 117 Å². The molecular formula is C16H16N4O3. The molecule has 2 aromatic carbocycles. The van der Waals surface area contributed by atoms with Gasteiger partial charge in [-0.3, -0.25) is 9.59 Å². The third-order valence-corrected chi connectivity index (χ3v) is 3.00. The number of nitrogens with two attached hydrogens (primary N) is 1. The van der Waals surface area contributed by atoms with Crippen LogP contribution in [0.5, 0.6) is 0 Å². The molecule has 0 atom stereocenters. The minimum atomic E-state index is -0.896. The molecule has 0 saturated heterocycles. The van der Waals surface area contributed by atoms with Crippen LogP contribution in [0.15, 0.2) is 53.6 Å². The average molecular weight is 312 g/mol. The largest absolute Gasteiger partial charge is 0.481 e. The predicted molar refractivity (Wildman–Crippen MR) is 88.5 cm³/mol. The number of hydrogen-bond acceptors (Lipinski definition) is 4. The number of hydrogen-bond donors (Lipinski definition) is 4. The summed E-state index contributed by atoms with van der Waals surface area (Å²) < 4.78 is 0. The second-order valence-electron chi connectivity index (χ2n) is 4.72. The number of nitrogens with one attached hydrogen (secondary N) is 2. The molecule has 0 heterocycles. The Morgan fingerprint density at radius 1 is 1.13 bits per heavy atom. The molecule has 0 radical (unpaired) electrons. The van der Waals surface area contributed by atoms with Crippen LogP contribution < -0.4 is 16.5 Å². The Morgan fingerprint density at radius 3 is 2.52 bits per heavy atom. The van der Waals surface area contributed by atoms with Crippen LogP contribution in [0.3, 0.4) is 0 Å². The van der Waals surface area contributed by atoms with Crippen molar-refractivity contribution in [3.05, 3.63) is 59.7 Å². The van der Waals surface area contributed by atoms with E-state index in [0.717, 1.165) is 0 Å².